The van der Waals surface area contributed by atoms with E-state index in [0.717, 1.165) is 0 Å². The van der Waals surface area contributed by atoms with Crippen LogP contribution in [0, 0.1) is 26.1 Å². The molecule has 13 heteroatoms. The fraction of sp³-hybridized carbons (Fsp3) is 0.318. The lowest BCUT2D eigenvalue weighted by molar-refractivity contribution is -0.385. The van der Waals surface area contributed by atoms with Crippen LogP contribution in [0.3, 0.4) is 0 Å². The van der Waals surface area contributed by atoms with Crippen LogP contribution >= 0.6 is 0 Å². The molecule has 13 nitrogen and oxygen atoms in total. The Morgan fingerprint density at radius 2 is 1.23 bits per heavy atom. The summed E-state index contributed by atoms with van der Waals surface area (Å²) < 4.78 is 0. The van der Waals surface area contributed by atoms with E-state index >= 15 is 0 Å². The van der Waals surface area contributed by atoms with Gasteiger partial charge in [0.1, 0.15) is 6.04 Å². The Morgan fingerprint density at radius 1 is 0.857 bits per heavy atom. The Kier molecular flexibility index (Phi) is 9.35. The third kappa shape index (κ3) is 7.30. The maximum Gasteiger partial charge on any atom is 0.321 e. The number of carbonyl (C=O) groups excluding carboxylic acids is 2. The predicted molar refractivity (Wildman–Crippen MR) is 124 cm³/mol. The van der Waals surface area contributed by atoms with Crippen molar-refractivity contribution in [2.24, 2.45) is 5.92 Å². The zero-order valence-corrected chi connectivity index (χ0v) is 19.0. The van der Waals surface area contributed by atoms with E-state index in [9.17, 15) is 39.7 Å². The fourth-order valence-electron chi connectivity index (χ4n) is 3.26. The maximum atomic E-state index is 12.5. The molecular weight excluding hydrogens is 462 g/mol. The number of carboxylic acid groups (broad SMARTS) is 1. The summed E-state index contributed by atoms with van der Waals surface area (Å²) in [6.07, 6.45) is 0.514. The zero-order valence-electron chi connectivity index (χ0n) is 19.0. The molecule has 0 heterocycles. The summed E-state index contributed by atoms with van der Waals surface area (Å²) in [5.41, 5.74) is -0.0820. The minimum Gasteiger partial charge on any atom is -0.480 e. The predicted octanol–water partition coefficient (Wildman–Crippen LogP) is 2.38. The summed E-state index contributed by atoms with van der Waals surface area (Å²) >= 11 is 0. The van der Waals surface area contributed by atoms with Gasteiger partial charge in [-0.1, -0.05) is 20.3 Å². The van der Waals surface area contributed by atoms with E-state index in [1.54, 1.807) is 6.92 Å². The molecule has 0 unspecified atom stereocenters. The Hall–Kier alpha value is -4.39. The van der Waals surface area contributed by atoms with Crippen molar-refractivity contribution in [3.05, 3.63) is 79.9 Å². The van der Waals surface area contributed by atoms with Gasteiger partial charge in [0.25, 0.3) is 23.2 Å². The number of amides is 2. The summed E-state index contributed by atoms with van der Waals surface area (Å²) in [6, 6.07) is 8.76. The molecule has 2 aromatic rings. The van der Waals surface area contributed by atoms with Crippen LogP contribution in [0.15, 0.2) is 48.5 Å². The smallest absolute Gasteiger partial charge is 0.321 e. The third-order valence-corrected chi connectivity index (χ3v) is 5.40. The molecule has 0 spiro atoms. The fourth-order valence-corrected chi connectivity index (χ4v) is 3.26. The van der Waals surface area contributed by atoms with Crippen LogP contribution in [0.4, 0.5) is 11.4 Å². The first-order valence-corrected chi connectivity index (χ1v) is 10.6. The number of benzene rings is 2. The van der Waals surface area contributed by atoms with Crippen LogP contribution in [-0.4, -0.2) is 57.0 Å². The van der Waals surface area contributed by atoms with Crippen molar-refractivity contribution in [2.45, 2.75) is 26.3 Å². The molecule has 0 radical (unpaired) electrons. The first kappa shape index (κ1) is 26.9. The van der Waals surface area contributed by atoms with Gasteiger partial charge in [0.2, 0.25) is 0 Å². The van der Waals surface area contributed by atoms with Crippen molar-refractivity contribution in [2.75, 3.05) is 13.3 Å². The molecular formula is C22H25N5O8. The lowest BCUT2D eigenvalue weighted by Crippen LogP contribution is -2.54. The van der Waals surface area contributed by atoms with Gasteiger partial charge in [-0.2, -0.15) is 0 Å². The first-order valence-electron chi connectivity index (χ1n) is 10.6. The van der Waals surface area contributed by atoms with E-state index in [2.05, 4.69) is 10.6 Å². The molecule has 0 aliphatic carbocycles. The summed E-state index contributed by atoms with van der Waals surface area (Å²) in [6.45, 7) is 3.06. The van der Waals surface area contributed by atoms with E-state index in [0.29, 0.717) is 6.42 Å². The quantitative estimate of drug-likeness (QED) is 0.230. The number of aliphatic carboxylic acids is 1. The highest BCUT2D eigenvalue weighted by Crippen LogP contribution is 2.16. The molecule has 35 heavy (non-hydrogen) atoms. The monoisotopic (exact) mass is 487 g/mol. The molecule has 2 aromatic carbocycles. The van der Waals surface area contributed by atoms with Crippen molar-refractivity contribution < 1.29 is 29.3 Å². The molecule has 3 N–H and O–H groups in total. The maximum absolute atomic E-state index is 12.5. The van der Waals surface area contributed by atoms with Crippen LogP contribution in [-0.2, 0) is 4.79 Å². The second kappa shape index (κ2) is 12.2. The van der Waals surface area contributed by atoms with Gasteiger partial charge in [0.15, 0.2) is 0 Å². The number of non-ortho nitro benzene ring substituents is 2. The lowest BCUT2D eigenvalue weighted by Gasteiger charge is -2.32. The topological polar surface area (TPSA) is 185 Å². The third-order valence-electron chi connectivity index (χ3n) is 5.40. The van der Waals surface area contributed by atoms with Gasteiger partial charge < -0.3 is 15.7 Å². The van der Waals surface area contributed by atoms with Crippen LogP contribution in [0.5, 0.6) is 0 Å². The SMILES string of the molecule is CC[C@H](C)[C@@H](C(=O)O)N(CNC(=O)c1ccc([N+](=O)[O-])cc1)CNC(=O)c1ccc([N+](=O)[O-])cc1. The van der Waals surface area contributed by atoms with Gasteiger partial charge in [0.05, 0.1) is 23.2 Å². The molecule has 0 fully saturated rings. The van der Waals surface area contributed by atoms with Crippen molar-refractivity contribution in [3.8, 4) is 0 Å². The van der Waals surface area contributed by atoms with E-state index in [1.165, 1.54) is 53.4 Å². The highest BCUT2D eigenvalue weighted by Gasteiger charge is 2.31. The Labute approximate surface area is 200 Å². The van der Waals surface area contributed by atoms with Gasteiger partial charge in [0, 0.05) is 35.4 Å². The summed E-state index contributed by atoms with van der Waals surface area (Å²) in [5.74, 6) is -2.65. The number of hydrogen-bond acceptors (Lipinski definition) is 8. The minimum atomic E-state index is -1.14. The minimum absolute atomic E-state index is 0.140. The number of carboxylic acids is 1. The number of nitrogens with zero attached hydrogens (tertiary/aromatic N) is 3. The van der Waals surface area contributed by atoms with Gasteiger partial charge in [-0.05, 0) is 30.2 Å². The van der Waals surface area contributed by atoms with Crippen LogP contribution in [0.1, 0.15) is 41.0 Å². The number of carbonyl (C=O) groups is 3. The van der Waals surface area contributed by atoms with Gasteiger partial charge in [-0.25, -0.2) is 0 Å². The van der Waals surface area contributed by atoms with E-state index in [4.69, 9.17) is 0 Å². The Morgan fingerprint density at radius 3 is 1.51 bits per heavy atom. The average Bonchev–Trinajstić information content (AvgIpc) is 2.84. The Balaban J connectivity index is 2.14. The van der Waals surface area contributed by atoms with E-state index < -0.39 is 33.7 Å². The van der Waals surface area contributed by atoms with Crippen LogP contribution < -0.4 is 10.6 Å². The highest BCUT2D eigenvalue weighted by molar-refractivity contribution is 5.95. The molecule has 0 bridgehead atoms. The van der Waals surface area contributed by atoms with Gasteiger partial charge in [-0.15, -0.1) is 0 Å². The molecule has 0 aliphatic rings. The van der Waals surface area contributed by atoms with Gasteiger partial charge in [-0.3, -0.25) is 39.5 Å². The lowest BCUT2D eigenvalue weighted by atomic mass is 9.98. The second-order valence-electron chi connectivity index (χ2n) is 7.69. The zero-order chi connectivity index (χ0) is 26.1. The van der Waals surface area contributed by atoms with E-state index in [1.807, 2.05) is 6.92 Å². The molecule has 2 amide bonds. The molecule has 186 valence electrons. The molecule has 0 saturated heterocycles. The largest absolute Gasteiger partial charge is 0.480 e. The van der Waals surface area contributed by atoms with Crippen molar-refractivity contribution in [1.29, 1.82) is 0 Å². The molecule has 2 rings (SSSR count). The molecule has 0 saturated carbocycles. The summed E-state index contributed by atoms with van der Waals surface area (Å²) in [4.78, 5) is 58.7. The van der Waals surface area contributed by atoms with Crippen LogP contribution in [0.25, 0.3) is 0 Å². The highest BCUT2D eigenvalue weighted by atomic mass is 16.6. The Bertz CT molecular complexity index is 1010. The van der Waals surface area contributed by atoms with Crippen molar-refractivity contribution in [1.82, 2.24) is 15.5 Å². The number of hydrogen-bond donors (Lipinski definition) is 3. The second-order valence-corrected chi connectivity index (χ2v) is 7.69. The van der Waals surface area contributed by atoms with E-state index in [-0.39, 0.29) is 41.8 Å². The normalized spacial score (nSPS) is 12.4. The first-order chi connectivity index (χ1) is 16.5. The van der Waals surface area contributed by atoms with Gasteiger partial charge >= 0.3 is 5.97 Å². The number of rotatable bonds is 12. The molecule has 0 aromatic heterocycles. The molecule has 2 atom stereocenters. The van der Waals surface area contributed by atoms with Crippen molar-refractivity contribution in [3.63, 3.8) is 0 Å². The van der Waals surface area contributed by atoms with Crippen LogP contribution in [0.2, 0.25) is 0 Å². The van der Waals surface area contributed by atoms with Crippen molar-refractivity contribution >= 4 is 29.2 Å². The standard InChI is InChI=1S/C22H25N5O8/c1-3-14(2)19(22(30)31)25(12-23-20(28)15-4-8-17(9-5-15)26(32)33)13-24-21(29)16-6-10-18(11-7-16)27(34)35/h4-11,14,19H,3,12-13H2,1-2H3,(H,23,28)(H,24,29)(H,30,31)/t14-,19-/m0/s1. The number of nitrogens with one attached hydrogen (secondary N) is 2. The summed E-state index contributed by atoms with van der Waals surface area (Å²) in [7, 11) is 0. The number of nitro groups is 2. The number of nitro benzene ring substituents is 2. The average molecular weight is 487 g/mol. The summed E-state index contributed by atoms with van der Waals surface area (Å²) in [5, 5.41) is 36.5. The molecule has 0 aliphatic heterocycles.